The molecule has 3 amide bonds. The molecule has 0 fully saturated rings. The standard InChI is InChI=1S/C10H17N3O6/c1-11-7(14)5-12-10(19)13-6(9(17)18)3-2-4-8(15)16/h6H,2-5H2,1H3,(H,11,14)(H,15,16)(H,17,18)(H2,12,13,19)/t6-/m1/s1. The largest absolute Gasteiger partial charge is 0.481 e. The third kappa shape index (κ3) is 8.41. The van der Waals surface area contributed by atoms with Crippen LogP contribution in [0.15, 0.2) is 0 Å². The Morgan fingerprint density at radius 1 is 1.16 bits per heavy atom. The van der Waals surface area contributed by atoms with Crippen LogP contribution in [0.25, 0.3) is 0 Å². The van der Waals surface area contributed by atoms with Crippen molar-refractivity contribution in [2.24, 2.45) is 0 Å². The number of hydrogen-bond acceptors (Lipinski definition) is 4. The SMILES string of the molecule is CNC(=O)CNC(=O)N[C@H](CCCC(=O)O)C(=O)O. The maximum Gasteiger partial charge on any atom is 0.326 e. The Balaban J connectivity index is 4.11. The van der Waals surface area contributed by atoms with E-state index in [1.54, 1.807) is 0 Å². The van der Waals surface area contributed by atoms with Crippen LogP contribution in [0.2, 0.25) is 0 Å². The second-order valence-corrected chi connectivity index (χ2v) is 3.68. The highest BCUT2D eigenvalue weighted by Crippen LogP contribution is 2.01. The fourth-order valence-electron chi connectivity index (χ4n) is 1.17. The monoisotopic (exact) mass is 275 g/mol. The van der Waals surface area contributed by atoms with Gasteiger partial charge in [0.25, 0.3) is 0 Å². The van der Waals surface area contributed by atoms with Gasteiger partial charge in [0.1, 0.15) is 6.04 Å². The molecule has 0 aliphatic rings. The predicted octanol–water partition coefficient (Wildman–Crippen LogP) is -1.26. The van der Waals surface area contributed by atoms with Crippen LogP contribution in [0.3, 0.4) is 0 Å². The summed E-state index contributed by atoms with van der Waals surface area (Å²) in [5, 5.41) is 23.9. The molecule has 0 saturated heterocycles. The predicted molar refractivity (Wildman–Crippen MR) is 63.5 cm³/mol. The second kappa shape index (κ2) is 8.72. The van der Waals surface area contributed by atoms with Crippen LogP contribution in [0.1, 0.15) is 19.3 Å². The number of carbonyl (C=O) groups is 4. The van der Waals surface area contributed by atoms with Crippen molar-refractivity contribution in [2.75, 3.05) is 13.6 Å². The zero-order chi connectivity index (χ0) is 14.8. The average Bonchev–Trinajstić information content (AvgIpc) is 2.34. The summed E-state index contributed by atoms with van der Waals surface area (Å²) in [5.41, 5.74) is 0. The van der Waals surface area contributed by atoms with Crippen molar-refractivity contribution >= 4 is 23.9 Å². The Morgan fingerprint density at radius 3 is 2.26 bits per heavy atom. The number of hydrogen-bond donors (Lipinski definition) is 5. The Hall–Kier alpha value is -2.32. The summed E-state index contributed by atoms with van der Waals surface area (Å²) in [5.74, 6) is -2.72. The third-order valence-electron chi connectivity index (χ3n) is 2.18. The lowest BCUT2D eigenvalue weighted by Crippen LogP contribution is -2.48. The van der Waals surface area contributed by atoms with Gasteiger partial charge in [-0.05, 0) is 12.8 Å². The van der Waals surface area contributed by atoms with E-state index in [0.717, 1.165) is 0 Å². The molecule has 0 heterocycles. The number of amides is 3. The molecule has 0 rings (SSSR count). The van der Waals surface area contributed by atoms with E-state index in [1.807, 2.05) is 0 Å². The summed E-state index contributed by atoms with van der Waals surface area (Å²) in [4.78, 5) is 43.3. The second-order valence-electron chi connectivity index (χ2n) is 3.68. The van der Waals surface area contributed by atoms with Crippen LogP contribution in [-0.2, 0) is 14.4 Å². The van der Waals surface area contributed by atoms with Gasteiger partial charge in [-0.3, -0.25) is 9.59 Å². The molecule has 108 valence electrons. The van der Waals surface area contributed by atoms with Crippen molar-refractivity contribution in [3.63, 3.8) is 0 Å². The fraction of sp³-hybridized carbons (Fsp3) is 0.600. The van der Waals surface area contributed by atoms with E-state index < -0.39 is 29.9 Å². The molecule has 5 N–H and O–H groups in total. The number of likely N-dealkylation sites (N-methyl/N-ethyl adjacent to an activating group) is 1. The number of urea groups is 1. The minimum Gasteiger partial charge on any atom is -0.481 e. The molecule has 0 unspecified atom stereocenters. The molecule has 0 aliphatic carbocycles. The Morgan fingerprint density at radius 2 is 1.79 bits per heavy atom. The molecule has 0 aromatic heterocycles. The summed E-state index contributed by atoms with van der Waals surface area (Å²) in [6.45, 7) is -0.274. The van der Waals surface area contributed by atoms with E-state index >= 15 is 0 Å². The number of carboxylic acids is 2. The van der Waals surface area contributed by atoms with E-state index in [9.17, 15) is 19.2 Å². The minimum absolute atomic E-state index is 0.00493. The minimum atomic E-state index is -1.26. The van der Waals surface area contributed by atoms with Gasteiger partial charge in [-0.2, -0.15) is 0 Å². The van der Waals surface area contributed by atoms with Crippen molar-refractivity contribution in [1.29, 1.82) is 0 Å². The van der Waals surface area contributed by atoms with Crippen LogP contribution >= 0.6 is 0 Å². The summed E-state index contributed by atoms with van der Waals surface area (Å²) in [6, 6.07) is -1.99. The van der Waals surface area contributed by atoms with Gasteiger partial charge in [0.15, 0.2) is 0 Å². The van der Waals surface area contributed by atoms with Gasteiger partial charge in [-0.15, -0.1) is 0 Å². The molecule has 0 spiro atoms. The van der Waals surface area contributed by atoms with E-state index in [-0.39, 0.29) is 25.8 Å². The molecule has 1 atom stereocenters. The molecule has 9 nitrogen and oxygen atoms in total. The zero-order valence-corrected chi connectivity index (χ0v) is 10.4. The Labute approximate surface area is 109 Å². The first-order chi connectivity index (χ1) is 8.86. The average molecular weight is 275 g/mol. The van der Waals surface area contributed by atoms with Crippen LogP contribution in [-0.4, -0.2) is 53.7 Å². The molecular weight excluding hydrogens is 258 g/mol. The van der Waals surface area contributed by atoms with Gasteiger partial charge in [0.2, 0.25) is 5.91 Å². The molecule has 0 bridgehead atoms. The van der Waals surface area contributed by atoms with Crippen molar-refractivity contribution in [2.45, 2.75) is 25.3 Å². The van der Waals surface area contributed by atoms with E-state index in [4.69, 9.17) is 10.2 Å². The highest BCUT2D eigenvalue weighted by atomic mass is 16.4. The van der Waals surface area contributed by atoms with Crippen molar-refractivity contribution in [3.8, 4) is 0 Å². The van der Waals surface area contributed by atoms with E-state index in [1.165, 1.54) is 7.05 Å². The molecule has 19 heavy (non-hydrogen) atoms. The lowest BCUT2D eigenvalue weighted by Gasteiger charge is -2.14. The van der Waals surface area contributed by atoms with Gasteiger partial charge in [-0.25, -0.2) is 9.59 Å². The Bertz CT molecular complexity index is 357. The number of aliphatic carboxylic acids is 2. The maximum absolute atomic E-state index is 11.3. The molecule has 0 aliphatic heterocycles. The summed E-state index contributed by atoms with van der Waals surface area (Å²) >= 11 is 0. The first-order valence-electron chi connectivity index (χ1n) is 5.56. The number of nitrogens with one attached hydrogen (secondary N) is 3. The molecule has 9 heteroatoms. The molecule has 0 aromatic rings. The first-order valence-corrected chi connectivity index (χ1v) is 5.56. The highest BCUT2D eigenvalue weighted by Gasteiger charge is 2.19. The topological polar surface area (TPSA) is 145 Å². The van der Waals surface area contributed by atoms with Crippen molar-refractivity contribution in [3.05, 3.63) is 0 Å². The third-order valence-corrected chi connectivity index (χ3v) is 2.18. The van der Waals surface area contributed by atoms with Crippen LogP contribution in [0, 0.1) is 0 Å². The smallest absolute Gasteiger partial charge is 0.326 e. The van der Waals surface area contributed by atoms with Gasteiger partial charge in [0.05, 0.1) is 6.54 Å². The molecule has 0 saturated carbocycles. The normalized spacial score (nSPS) is 11.2. The zero-order valence-electron chi connectivity index (χ0n) is 10.4. The summed E-state index contributed by atoms with van der Waals surface area (Å²) < 4.78 is 0. The van der Waals surface area contributed by atoms with Crippen LogP contribution in [0.4, 0.5) is 4.79 Å². The summed E-state index contributed by atoms with van der Waals surface area (Å²) in [6.07, 6.45) is -0.0532. The van der Waals surface area contributed by atoms with Gasteiger partial charge < -0.3 is 26.2 Å². The van der Waals surface area contributed by atoms with Gasteiger partial charge in [-0.1, -0.05) is 0 Å². The first kappa shape index (κ1) is 16.7. The van der Waals surface area contributed by atoms with E-state index in [2.05, 4.69) is 16.0 Å². The number of rotatable bonds is 8. The lowest BCUT2D eigenvalue weighted by molar-refractivity contribution is -0.140. The van der Waals surface area contributed by atoms with Gasteiger partial charge >= 0.3 is 18.0 Å². The molecule has 0 aromatic carbocycles. The maximum atomic E-state index is 11.3. The van der Waals surface area contributed by atoms with E-state index in [0.29, 0.717) is 0 Å². The van der Waals surface area contributed by atoms with Crippen LogP contribution < -0.4 is 16.0 Å². The Kier molecular flexibility index (Phi) is 7.66. The fourth-order valence-corrected chi connectivity index (χ4v) is 1.17. The number of carbonyl (C=O) groups excluding carboxylic acids is 2. The van der Waals surface area contributed by atoms with Gasteiger partial charge in [0, 0.05) is 13.5 Å². The summed E-state index contributed by atoms with van der Waals surface area (Å²) in [7, 11) is 1.40. The van der Waals surface area contributed by atoms with Crippen molar-refractivity contribution < 1.29 is 29.4 Å². The molecular formula is C10H17N3O6. The highest BCUT2D eigenvalue weighted by molar-refractivity contribution is 5.86. The van der Waals surface area contributed by atoms with Crippen molar-refractivity contribution in [1.82, 2.24) is 16.0 Å². The number of carboxylic acid groups (broad SMARTS) is 2. The quantitative estimate of drug-likeness (QED) is 0.374. The lowest BCUT2D eigenvalue weighted by atomic mass is 10.1. The van der Waals surface area contributed by atoms with Crippen LogP contribution in [0.5, 0.6) is 0 Å². The molecule has 0 radical (unpaired) electrons.